The van der Waals surface area contributed by atoms with E-state index < -0.39 is 0 Å². The van der Waals surface area contributed by atoms with E-state index in [1.807, 2.05) is 13.0 Å². The lowest BCUT2D eigenvalue weighted by Crippen LogP contribution is -2.42. The summed E-state index contributed by atoms with van der Waals surface area (Å²) in [5, 5.41) is 8.56. The molecule has 1 atom stereocenters. The maximum atomic E-state index is 6.05. The maximum absolute atomic E-state index is 6.05. The van der Waals surface area contributed by atoms with Crippen LogP contribution < -0.4 is 4.90 Å². The van der Waals surface area contributed by atoms with Crippen molar-refractivity contribution in [2.24, 2.45) is 0 Å². The smallest absolute Gasteiger partial charge is 0.151 e. The number of aromatic nitrogens is 2. The van der Waals surface area contributed by atoms with Gasteiger partial charge in [-0.25, -0.2) is 0 Å². The Morgan fingerprint density at radius 2 is 1.92 bits per heavy atom. The first-order valence-corrected chi connectivity index (χ1v) is 8.98. The zero-order valence-electron chi connectivity index (χ0n) is 14.5. The van der Waals surface area contributed by atoms with E-state index in [9.17, 15) is 0 Å². The molecule has 4 nitrogen and oxygen atoms in total. The average molecular weight is 323 g/mol. The molecule has 0 amide bonds. The molecule has 126 valence electrons. The van der Waals surface area contributed by atoms with Crippen molar-refractivity contribution in [3.05, 3.63) is 53.2 Å². The fourth-order valence-electron chi connectivity index (χ4n) is 4.38. The second-order valence-electron chi connectivity index (χ2n) is 7.04. The van der Waals surface area contributed by atoms with Crippen LogP contribution in [0.25, 0.3) is 0 Å². The van der Waals surface area contributed by atoms with Crippen LogP contribution in [0, 0.1) is 6.92 Å². The fraction of sp³-hybridized carbons (Fsp3) is 0.500. The van der Waals surface area contributed by atoms with Gasteiger partial charge in [-0.2, -0.15) is 5.10 Å². The molecule has 1 aliphatic carbocycles. The number of hydrogen-bond acceptors (Lipinski definition) is 4. The monoisotopic (exact) mass is 323 g/mol. The van der Waals surface area contributed by atoms with Crippen LogP contribution in [0.4, 0.5) is 5.82 Å². The largest absolute Gasteiger partial charge is 0.374 e. The predicted molar refractivity (Wildman–Crippen MR) is 95.3 cm³/mol. The van der Waals surface area contributed by atoms with E-state index in [1.54, 1.807) is 0 Å². The molecule has 1 saturated heterocycles. The standard InChI is InChI=1S/C20H25N3O/c1-3-24-18-14-20(17-7-5-4-6-16(17)18)10-12-23(13-11-20)19-9-8-15(2)21-22-19/h4-9,18H,3,10-14H2,1-2H3. The van der Waals surface area contributed by atoms with E-state index in [-0.39, 0.29) is 11.5 Å². The van der Waals surface area contributed by atoms with Crippen molar-refractivity contribution >= 4 is 5.82 Å². The van der Waals surface area contributed by atoms with Crippen LogP contribution in [0.5, 0.6) is 0 Å². The molecule has 1 aromatic carbocycles. The van der Waals surface area contributed by atoms with Crippen LogP contribution >= 0.6 is 0 Å². The van der Waals surface area contributed by atoms with Crippen molar-refractivity contribution in [1.82, 2.24) is 10.2 Å². The summed E-state index contributed by atoms with van der Waals surface area (Å²) in [4.78, 5) is 2.37. The Bertz CT molecular complexity index is 705. The molecule has 0 radical (unpaired) electrons. The van der Waals surface area contributed by atoms with Gasteiger partial charge in [-0.15, -0.1) is 5.10 Å². The summed E-state index contributed by atoms with van der Waals surface area (Å²) >= 11 is 0. The number of ether oxygens (including phenoxy) is 1. The molecular formula is C20H25N3O. The van der Waals surface area contributed by atoms with Gasteiger partial charge in [0.05, 0.1) is 11.8 Å². The molecule has 4 heteroatoms. The van der Waals surface area contributed by atoms with Gasteiger partial charge in [0.2, 0.25) is 0 Å². The number of anilines is 1. The molecule has 1 fully saturated rings. The summed E-state index contributed by atoms with van der Waals surface area (Å²) in [6, 6.07) is 13.0. The highest BCUT2D eigenvalue weighted by Crippen LogP contribution is 2.52. The highest BCUT2D eigenvalue weighted by Gasteiger charge is 2.45. The first-order chi connectivity index (χ1) is 11.7. The van der Waals surface area contributed by atoms with Crippen LogP contribution in [0.2, 0.25) is 0 Å². The average Bonchev–Trinajstić information content (AvgIpc) is 2.91. The zero-order chi connectivity index (χ0) is 16.6. The number of nitrogens with zero attached hydrogens (tertiary/aromatic N) is 3. The molecule has 2 aliphatic rings. The third kappa shape index (κ3) is 2.59. The van der Waals surface area contributed by atoms with E-state index in [0.29, 0.717) is 0 Å². The van der Waals surface area contributed by atoms with Crippen LogP contribution in [0.1, 0.15) is 49.1 Å². The molecule has 0 N–H and O–H groups in total. The SMILES string of the molecule is CCOC1CC2(CCN(c3ccc(C)nn3)CC2)c2ccccc21. The second kappa shape index (κ2) is 6.17. The summed E-state index contributed by atoms with van der Waals surface area (Å²) in [5.41, 5.74) is 4.16. The Hall–Kier alpha value is -1.94. The van der Waals surface area contributed by atoms with Crippen molar-refractivity contribution in [1.29, 1.82) is 0 Å². The molecule has 24 heavy (non-hydrogen) atoms. The Kier molecular flexibility index (Phi) is 4.01. The third-order valence-corrected chi connectivity index (χ3v) is 5.65. The van der Waals surface area contributed by atoms with E-state index in [4.69, 9.17) is 4.74 Å². The highest BCUT2D eigenvalue weighted by atomic mass is 16.5. The molecule has 4 rings (SSSR count). The molecule has 1 unspecified atom stereocenters. The summed E-state index contributed by atoms with van der Waals surface area (Å²) in [7, 11) is 0. The molecule has 2 heterocycles. The molecular weight excluding hydrogens is 298 g/mol. The Balaban J connectivity index is 1.55. The highest BCUT2D eigenvalue weighted by molar-refractivity contribution is 5.45. The van der Waals surface area contributed by atoms with Gasteiger partial charge in [0.15, 0.2) is 5.82 Å². The van der Waals surface area contributed by atoms with Gasteiger partial charge in [0.25, 0.3) is 0 Å². The van der Waals surface area contributed by atoms with Gasteiger partial charge in [0.1, 0.15) is 0 Å². The topological polar surface area (TPSA) is 38.2 Å². The number of piperidine rings is 1. The van der Waals surface area contributed by atoms with E-state index >= 15 is 0 Å². The Morgan fingerprint density at radius 1 is 1.12 bits per heavy atom. The van der Waals surface area contributed by atoms with E-state index in [0.717, 1.165) is 50.5 Å². The molecule has 2 aromatic rings. The quantitative estimate of drug-likeness (QED) is 0.861. The molecule has 1 aliphatic heterocycles. The number of aryl methyl sites for hydroxylation is 1. The van der Waals surface area contributed by atoms with Gasteiger partial charge in [0, 0.05) is 25.1 Å². The molecule has 1 aromatic heterocycles. The van der Waals surface area contributed by atoms with Gasteiger partial charge >= 0.3 is 0 Å². The summed E-state index contributed by atoms with van der Waals surface area (Å²) in [6.07, 6.45) is 3.69. The summed E-state index contributed by atoms with van der Waals surface area (Å²) < 4.78 is 6.05. The second-order valence-corrected chi connectivity index (χ2v) is 7.04. The Labute approximate surface area is 143 Å². The Morgan fingerprint density at radius 3 is 2.62 bits per heavy atom. The van der Waals surface area contributed by atoms with E-state index in [2.05, 4.69) is 52.4 Å². The van der Waals surface area contributed by atoms with Gasteiger partial charge in [-0.05, 0) is 56.4 Å². The minimum Gasteiger partial charge on any atom is -0.374 e. The van der Waals surface area contributed by atoms with Gasteiger partial charge < -0.3 is 9.64 Å². The predicted octanol–water partition coefficient (Wildman–Crippen LogP) is 3.80. The zero-order valence-corrected chi connectivity index (χ0v) is 14.5. The van der Waals surface area contributed by atoms with Crippen LogP contribution in [-0.4, -0.2) is 29.9 Å². The number of rotatable bonds is 3. The normalized spacial score (nSPS) is 21.9. The fourth-order valence-corrected chi connectivity index (χ4v) is 4.38. The lowest BCUT2D eigenvalue weighted by molar-refractivity contribution is 0.0482. The van der Waals surface area contributed by atoms with Crippen molar-refractivity contribution in [2.45, 2.75) is 44.6 Å². The van der Waals surface area contributed by atoms with Crippen LogP contribution in [0.3, 0.4) is 0 Å². The lowest BCUT2D eigenvalue weighted by Gasteiger charge is -2.40. The molecule has 0 saturated carbocycles. The van der Waals surface area contributed by atoms with Crippen molar-refractivity contribution in [2.75, 3.05) is 24.6 Å². The first kappa shape index (κ1) is 15.6. The number of fused-ring (bicyclic) bond motifs is 2. The van der Waals surface area contributed by atoms with Gasteiger partial charge in [-0.1, -0.05) is 24.3 Å². The molecule has 0 bridgehead atoms. The summed E-state index contributed by atoms with van der Waals surface area (Å²) in [5.74, 6) is 1.00. The number of hydrogen-bond donors (Lipinski definition) is 0. The third-order valence-electron chi connectivity index (χ3n) is 5.65. The first-order valence-electron chi connectivity index (χ1n) is 8.98. The van der Waals surface area contributed by atoms with Crippen molar-refractivity contribution in [3.8, 4) is 0 Å². The van der Waals surface area contributed by atoms with Crippen LogP contribution in [-0.2, 0) is 10.2 Å². The number of benzene rings is 1. The van der Waals surface area contributed by atoms with E-state index in [1.165, 1.54) is 11.1 Å². The van der Waals surface area contributed by atoms with Crippen molar-refractivity contribution < 1.29 is 4.74 Å². The summed E-state index contributed by atoms with van der Waals surface area (Å²) in [6.45, 7) is 6.91. The maximum Gasteiger partial charge on any atom is 0.151 e. The van der Waals surface area contributed by atoms with Gasteiger partial charge in [-0.3, -0.25) is 0 Å². The lowest BCUT2D eigenvalue weighted by atomic mass is 9.74. The molecule has 1 spiro atoms. The minimum absolute atomic E-state index is 0.261. The van der Waals surface area contributed by atoms with Crippen molar-refractivity contribution in [3.63, 3.8) is 0 Å². The minimum atomic E-state index is 0.261. The van der Waals surface area contributed by atoms with Crippen LogP contribution in [0.15, 0.2) is 36.4 Å².